The Balaban J connectivity index is 1.09. The van der Waals surface area contributed by atoms with Gasteiger partial charge in [0.15, 0.2) is 23.1 Å². The molecule has 1 N–H and O–H groups in total. The number of anilines is 2. The Kier molecular flexibility index (Phi) is 9.82. The van der Waals surface area contributed by atoms with E-state index >= 15 is 4.39 Å². The van der Waals surface area contributed by atoms with Gasteiger partial charge in [0.05, 0.1) is 43.7 Å². The number of rotatable bonds is 10. The van der Waals surface area contributed by atoms with Crippen LogP contribution < -0.4 is 24.4 Å². The molecule has 0 bridgehead atoms. The number of pyridine rings is 1. The number of para-hydroxylation sites is 1. The van der Waals surface area contributed by atoms with E-state index in [1.807, 2.05) is 0 Å². The van der Waals surface area contributed by atoms with Crippen LogP contribution in [0.15, 0.2) is 79.3 Å². The van der Waals surface area contributed by atoms with E-state index in [1.165, 1.54) is 59.6 Å². The summed E-state index contributed by atoms with van der Waals surface area (Å²) in [5.41, 5.74) is -0.220. The predicted molar refractivity (Wildman–Crippen MR) is 171 cm³/mol. The summed E-state index contributed by atoms with van der Waals surface area (Å²) in [5, 5.41) is 3.14. The number of nitrogens with zero attached hydrogens (tertiary/aromatic N) is 4. The first-order valence-electron chi connectivity index (χ1n) is 15.3. The summed E-state index contributed by atoms with van der Waals surface area (Å²) in [7, 11) is 1.53. The average molecular weight is 668 g/mol. The van der Waals surface area contributed by atoms with Crippen molar-refractivity contribution in [3.05, 3.63) is 90.6 Å². The van der Waals surface area contributed by atoms with Gasteiger partial charge in [-0.3, -0.25) is 14.8 Å². The number of alkyl halides is 3. The van der Waals surface area contributed by atoms with Crippen LogP contribution in [0.3, 0.4) is 0 Å². The van der Waals surface area contributed by atoms with E-state index in [-0.39, 0.29) is 23.8 Å². The number of amides is 2. The van der Waals surface area contributed by atoms with Gasteiger partial charge in [-0.05, 0) is 42.8 Å². The molecule has 3 heterocycles. The molecule has 252 valence electrons. The highest BCUT2D eigenvalue weighted by Crippen LogP contribution is 2.39. The normalized spacial score (nSPS) is 15.2. The van der Waals surface area contributed by atoms with Crippen LogP contribution in [0.5, 0.6) is 23.0 Å². The van der Waals surface area contributed by atoms with Gasteiger partial charge in [0.25, 0.3) is 0 Å². The Morgan fingerprint density at radius 1 is 0.979 bits per heavy atom. The third-order valence-electron chi connectivity index (χ3n) is 7.88. The zero-order chi connectivity index (χ0) is 33.7. The third-order valence-corrected chi connectivity index (χ3v) is 7.88. The molecule has 2 aliphatic heterocycles. The fourth-order valence-corrected chi connectivity index (χ4v) is 5.43. The number of halogens is 4. The molecule has 0 spiro atoms. The molecule has 0 unspecified atom stereocenters. The summed E-state index contributed by atoms with van der Waals surface area (Å²) in [6.45, 7) is 4.52. The van der Waals surface area contributed by atoms with Crippen molar-refractivity contribution in [3.8, 4) is 23.0 Å². The molecule has 4 aromatic rings. The highest BCUT2D eigenvalue weighted by molar-refractivity contribution is 5.91. The number of nitrogens with one attached hydrogen (secondary N) is 1. The molecule has 10 nitrogen and oxygen atoms in total. The Hall–Kier alpha value is -5.08. The number of aromatic nitrogens is 1. The minimum Gasteiger partial charge on any atom is -0.493 e. The van der Waals surface area contributed by atoms with Crippen molar-refractivity contribution in [2.75, 3.05) is 63.5 Å². The molecule has 1 fully saturated rings. The molecule has 2 aliphatic rings. The van der Waals surface area contributed by atoms with E-state index < -0.39 is 23.6 Å². The Labute approximate surface area is 274 Å². The van der Waals surface area contributed by atoms with E-state index in [9.17, 15) is 18.0 Å². The number of ether oxygens (including phenoxy) is 4. The largest absolute Gasteiger partial charge is 0.493 e. The van der Waals surface area contributed by atoms with Crippen molar-refractivity contribution in [2.45, 2.75) is 12.6 Å². The lowest BCUT2D eigenvalue weighted by Gasteiger charge is -2.26. The van der Waals surface area contributed by atoms with Crippen molar-refractivity contribution in [3.63, 3.8) is 0 Å². The molecule has 0 radical (unpaired) electrons. The molecule has 1 saturated heterocycles. The monoisotopic (exact) mass is 667 g/mol. The van der Waals surface area contributed by atoms with Gasteiger partial charge in [-0.1, -0.05) is 12.1 Å². The molecule has 2 amide bonds. The molecule has 14 heteroatoms. The smallest absolute Gasteiger partial charge is 0.418 e. The molecule has 0 aliphatic carbocycles. The van der Waals surface area contributed by atoms with Crippen LogP contribution in [0.25, 0.3) is 10.9 Å². The maximum absolute atomic E-state index is 15.2. The van der Waals surface area contributed by atoms with Gasteiger partial charge in [-0.25, -0.2) is 9.18 Å². The summed E-state index contributed by atoms with van der Waals surface area (Å²) in [6.07, 6.45) is 0.533. The molecule has 3 aromatic carbocycles. The second-order valence-corrected chi connectivity index (χ2v) is 11.1. The first-order valence-corrected chi connectivity index (χ1v) is 15.3. The van der Waals surface area contributed by atoms with Crippen LogP contribution in [0.2, 0.25) is 0 Å². The molecule has 48 heavy (non-hydrogen) atoms. The van der Waals surface area contributed by atoms with Gasteiger partial charge in [-0.15, -0.1) is 0 Å². The van der Waals surface area contributed by atoms with Gasteiger partial charge < -0.3 is 29.2 Å². The quantitative estimate of drug-likeness (QED) is 0.142. The number of hydrogen-bond donors (Lipinski definition) is 1. The van der Waals surface area contributed by atoms with Gasteiger partial charge >= 0.3 is 12.2 Å². The lowest BCUT2D eigenvalue weighted by atomic mass is 10.1. The van der Waals surface area contributed by atoms with Crippen molar-refractivity contribution in [1.29, 1.82) is 0 Å². The number of methoxy groups -OCH3 is 1. The standard InChI is InChI=1S/C34H33F4N5O5/c1-45-31-20-24-27(21-32(31)47-16-4-11-41-14-17-46-18-15-41)39-10-9-29(24)48-30-8-7-23(19-26(30)35)40-33(44)43-13-12-42(22-43)28-6-3-2-5-25(28)34(36,37)38/h2-3,5-10,12-13,19-21H,4,11,14-18,22H2,1H3,(H,40,44). The Morgan fingerprint density at radius 3 is 2.56 bits per heavy atom. The minimum absolute atomic E-state index is 0.0893. The highest BCUT2D eigenvalue weighted by atomic mass is 19.4. The molecular formula is C34H33F4N5O5. The van der Waals surface area contributed by atoms with Crippen molar-refractivity contribution in [2.24, 2.45) is 0 Å². The maximum atomic E-state index is 15.2. The number of fused-ring (bicyclic) bond motifs is 1. The van der Waals surface area contributed by atoms with E-state index in [2.05, 4.69) is 15.2 Å². The minimum atomic E-state index is -4.56. The van der Waals surface area contributed by atoms with Gasteiger partial charge in [0, 0.05) is 61.4 Å². The first-order chi connectivity index (χ1) is 23.2. The van der Waals surface area contributed by atoms with Crippen LogP contribution in [0.1, 0.15) is 12.0 Å². The van der Waals surface area contributed by atoms with E-state index in [0.29, 0.717) is 34.8 Å². The van der Waals surface area contributed by atoms with Crippen molar-refractivity contribution < 1.29 is 41.3 Å². The highest BCUT2D eigenvalue weighted by Gasteiger charge is 2.35. The number of hydrogen-bond acceptors (Lipinski definition) is 8. The zero-order valence-electron chi connectivity index (χ0n) is 26.0. The molecule has 0 saturated carbocycles. The summed E-state index contributed by atoms with van der Waals surface area (Å²) >= 11 is 0. The number of morpholine rings is 1. The van der Waals surface area contributed by atoms with Crippen LogP contribution in [0.4, 0.5) is 33.7 Å². The van der Waals surface area contributed by atoms with Crippen molar-refractivity contribution in [1.82, 2.24) is 14.8 Å². The summed E-state index contributed by atoms with van der Waals surface area (Å²) in [4.78, 5) is 22.1. The van der Waals surface area contributed by atoms with Gasteiger partial charge in [-0.2, -0.15) is 13.2 Å². The van der Waals surface area contributed by atoms with Crippen molar-refractivity contribution >= 4 is 28.3 Å². The van der Waals surface area contributed by atoms with Crippen LogP contribution in [-0.2, 0) is 10.9 Å². The van der Waals surface area contributed by atoms with E-state index in [4.69, 9.17) is 18.9 Å². The fourth-order valence-electron chi connectivity index (χ4n) is 5.43. The van der Waals surface area contributed by atoms with Crippen LogP contribution >= 0.6 is 0 Å². The van der Waals surface area contributed by atoms with E-state index in [0.717, 1.165) is 51.4 Å². The Morgan fingerprint density at radius 2 is 1.79 bits per heavy atom. The zero-order valence-corrected chi connectivity index (χ0v) is 26.0. The number of carbonyl (C=O) groups excluding carboxylic acids is 1. The lowest BCUT2D eigenvalue weighted by Crippen LogP contribution is -2.37. The second-order valence-electron chi connectivity index (χ2n) is 11.1. The fraction of sp³-hybridized carbons (Fsp3) is 0.294. The average Bonchev–Trinajstić information content (AvgIpc) is 3.58. The van der Waals surface area contributed by atoms with Crippen LogP contribution in [-0.4, -0.2) is 74.0 Å². The SMILES string of the molecule is COc1cc2c(Oc3ccc(NC(=O)N4C=CN(c5ccccc5C(F)(F)F)C4)cc3F)ccnc2cc1OCCCN1CCOCC1. The number of carbonyl (C=O) groups is 1. The summed E-state index contributed by atoms with van der Waals surface area (Å²) in [6, 6.07) is 13.4. The molecule has 0 atom stereocenters. The van der Waals surface area contributed by atoms with Crippen LogP contribution in [0, 0.1) is 5.82 Å². The summed E-state index contributed by atoms with van der Waals surface area (Å²) < 4.78 is 78.6. The maximum Gasteiger partial charge on any atom is 0.418 e. The third kappa shape index (κ3) is 7.55. The Bertz CT molecular complexity index is 1800. The summed E-state index contributed by atoms with van der Waals surface area (Å²) in [5.74, 6) is 0.487. The first kappa shape index (κ1) is 32.8. The number of benzene rings is 3. The lowest BCUT2D eigenvalue weighted by molar-refractivity contribution is -0.137. The second kappa shape index (κ2) is 14.4. The predicted octanol–water partition coefficient (Wildman–Crippen LogP) is 7.08. The topological polar surface area (TPSA) is 88.6 Å². The van der Waals surface area contributed by atoms with Gasteiger partial charge in [0.2, 0.25) is 0 Å². The molecule has 1 aromatic heterocycles. The molecule has 6 rings (SSSR count). The number of urea groups is 1. The van der Waals surface area contributed by atoms with Gasteiger partial charge in [0.1, 0.15) is 12.4 Å². The van der Waals surface area contributed by atoms with E-state index in [1.54, 1.807) is 24.4 Å². The molecular weight excluding hydrogens is 634 g/mol.